The van der Waals surface area contributed by atoms with E-state index in [2.05, 4.69) is 39.9 Å². The van der Waals surface area contributed by atoms with Crippen molar-refractivity contribution >= 4 is 32.9 Å². The molecule has 2 aromatic rings. The minimum absolute atomic E-state index is 0. The first-order valence-corrected chi connectivity index (χ1v) is 12.0. The molecule has 0 fully saturated rings. The fraction of sp³-hybridized carbons (Fsp3) is 0.320. The quantitative estimate of drug-likeness (QED) is 0.149. The monoisotopic (exact) mass is 534 g/mol. The van der Waals surface area contributed by atoms with E-state index < -0.39 is 6.36 Å². The number of aliphatic hydroxyl groups is 1. The molecule has 1 heterocycles. The zero-order valence-corrected chi connectivity index (χ0v) is 23.9. The number of halogens is 3. The molecule has 0 bridgehead atoms. The van der Waals surface area contributed by atoms with Gasteiger partial charge in [0.15, 0.2) is 0 Å². The molecule has 1 aliphatic carbocycles. The van der Waals surface area contributed by atoms with Crippen LogP contribution in [-0.4, -0.2) is 41.3 Å². The summed E-state index contributed by atoms with van der Waals surface area (Å²) < 4.78 is 43.6. The third-order valence-electron chi connectivity index (χ3n) is 4.62. The van der Waals surface area contributed by atoms with Crippen LogP contribution < -0.4 is 66.2 Å². The number of allylic oxidation sites excluding steroid dienone is 1. The van der Waals surface area contributed by atoms with Gasteiger partial charge in [0.1, 0.15) is 5.75 Å². The molecule has 2 atom stereocenters. The predicted molar refractivity (Wildman–Crippen MR) is 131 cm³/mol. The average Bonchev–Trinajstić information content (AvgIpc) is 3.62. The van der Waals surface area contributed by atoms with Crippen molar-refractivity contribution in [3.05, 3.63) is 60.7 Å². The first kappa shape index (κ1) is 31.8. The van der Waals surface area contributed by atoms with Gasteiger partial charge in [-0.3, -0.25) is 4.79 Å². The molecule has 10 heteroatoms. The number of ether oxygens (including phenoxy) is 2. The van der Waals surface area contributed by atoms with Crippen LogP contribution in [-0.2, 0) is 14.9 Å². The van der Waals surface area contributed by atoms with E-state index in [1.807, 2.05) is 31.2 Å². The zero-order valence-electron chi connectivity index (χ0n) is 19.9. The van der Waals surface area contributed by atoms with Crippen molar-refractivity contribution in [3.8, 4) is 11.5 Å². The van der Waals surface area contributed by atoms with Gasteiger partial charge >= 0.3 is 57.7 Å². The van der Waals surface area contributed by atoms with Crippen LogP contribution in [0.2, 0.25) is 0 Å². The average molecular weight is 535 g/mol. The molecular formula is C25H28F3KNO4S-. The summed E-state index contributed by atoms with van der Waals surface area (Å²) in [6.07, 6.45) is 2.04. The molecule has 2 aliphatic rings. The van der Waals surface area contributed by atoms with Crippen LogP contribution in [0.1, 0.15) is 26.7 Å². The smallest absolute Gasteiger partial charge is 0.495 e. The van der Waals surface area contributed by atoms with Gasteiger partial charge in [0, 0.05) is 17.5 Å². The first-order chi connectivity index (χ1) is 16.2. The maximum atomic E-state index is 11.5. The Morgan fingerprint density at radius 1 is 1.23 bits per heavy atom. The Morgan fingerprint density at radius 3 is 2.43 bits per heavy atom. The maximum Gasteiger partial charge on any atom is 1.00 e. The molecule has 4 rings (SSSR count). The Hall–Kier alpha value is -1.27. The second-order valence-corrected chi connectivity index (χ2v) is 9.00. The topological polar surface area (TPSA) is 67.8 Å². The van der Waals surface area contributed by atoms with Crippen LogP contribution in [0.15, 0.2) is 59.5 Å². The second-order valence-electron chi connectivity index (χ2n) is 7.28. The van der Waals surface area contributed by atoms with Gasteiger partial charge in [-0.25, -0.2) is 10.7 Å². The van der Waals surface area contributed by atoms with Crippen LogP contribution in [0.25, 0.3) is 0 Å². The van der Waals surface area contributed by atoms with Gasteiger partial charge in [-0.2, -0.15) is 18.2 Å². The van der Waals surface area contributed by atoms with E-state index in [1.54, 1.807) is 0 Å². The molecule has 35 heavy (non-hydrogen) atoms. The van der Waals surface area contributed by atoms with E-state index in [9.17, 15) is 18.0 Å². The number of carbonyl (C=O) groups is 1. The summed E-state index contributed by atoms with van der Waals surface area (Å²) in [5.74, 6) is 1.08. The van der Waals surface area contributed by atoms with Crippen molar-refractivity contribution in [2.75, 3.05) is 11.9 Å². The minimum atomic E-state index is -4.62. The van der Waals surface area contributed by atoms with Crippen molar-refractivity contribution in [2.24, 2.45) is 5.92 Å². The Balaban J connectivity index is 0.000000272. The van der Waals surface area contributed by atoms with Gasteiger partial charge in [-0.05, 0) is 31.7 Å². The minimum Gasteiger partial charge on any atom is -0.495 e. The molecule has 0 saturated carbocycles. The third-order valence-corrected chi connectivity index (χ3v) is 6.01. The van der Waals surface area contributed by atoms with Crippen molar-refractivity contribution in [2.45, 2.75) is 44.1 Å². The van der Waals surface area contributed by atoms with E-state index in [4.69, 9.17) is 9.84 Å². The van der Waals surface area contributed by atoms with E-state index in [0.29, 0.717) is 18.9 Å². The van der Waals surface area contributed by atoms with E-state index in [1.165, 1.54) is 23.1 Å². The number of hydrogen-bond donors (Lipinski definition) is 2. The summed E-state index contributed by atoms with van der Waals surface area (Å²) in [5.41, 5.74) is 0.766. The molecule has 2 aromatic carbocycles. The standard InChI is InChI=1S/C11H12NO2S.C7H4F3O.C7H12O.K/c1-2-14-10-7-9(12-8-13)3-4-11(10)15-5-6-15;8-7(9,10)11-6-4-2-1-3-5-6;1-6-4-2-3-5-7(6)8;/h3-8H,2H2,1H3,(H,12,13);1-2,4-5H;2-3,6-8H,4-5H2,1H3;/q2*-1;;+1/t;;6-,7?;/m..1./s1. The molecule has 0 aromatic heterocycles. The Kier molecular flexibility index (Phi) is 14.9. The Labute approximate surface area is 248 Å². The fourth-order valence-corrected chi connectivity index (χ4v) is 3.90. The van der Waals surface area contributed by atoms with Crippen molar-refractivity contribution < 1.29 is 83.9 Å². The fourth-order valence-electron chi connectivity index (χ4n) is 2.81. The number of aliphatic hydroxyl groups excluding tert-OH is 1. The molecule has 5 nitrogen and oxygen atoms in total. The van der Waals surface area contributed by atoms with Crippen LogP contribution in [0.3, 0.4) is 0 Å². The molecule has 1 aliphatic heterocycles. The molecule has 0 saturated heterocycles. The summed E-state index contributed by atoms with van der Waals surface area (Å²) in [7, 11) is 0.155. The molecule has 1 unspecified atom stereocenters. The van der Waals surface area contributed by atoms with Crippen LogP contribution in [0, 0.1) is 12.0 Å². The SMILES string of the molecule is CCOc1cc(NC=O)ccc1[S-]1=CC=1.C[C@@H]1CC=CCC1O.FC(F)(F)Oc1c[c-]ccc1.[K+]. The largest absolute Gasteiger partial charge is 1.00 e. The van der Waals surface area contributed by atoms with Crippen molar-refractivity contribution in [1.82, 2.24) is 0 Å². The molecule has 186 valence electrons. The molecule has 1 amide bonds. The van der Waals surface area contributed by atoms with Crippen LogP contribution >= 0.6 is 0 Å². The summed E-state index contributed by atoms with van der Waals surface area (Å²) in [6.45, 7) is 4.66. The second kappa shape index (κ2) is 16.5. The van der Waals surface area contributed by atoms with Crippen LogP contribution in [0.5, 0.6) is 11.5 Å². The number of rotatable bonds is 6. The molecule has 0 spiro atoms. The third kappa shape index (κ3) is 13.0. The normalized spacial score (nSPS) is 18.0. The number of alkyl halides is 3. The first-order valence-electron chi connectivity index (χ1n) is 10.7. The van der Waals surface area contributed by atoms with Gasteiger partial charge in [-0.1, -0.05) is 25.1 Å². The predicted octanol–water partition coefficient (Wildman–Crippen LogP) is 1.97. The van der Waals surface area contributed by atoms with E-state index in [0.717, 1.165) is 30.3 Å². The van der Waals surface area contributed by atoms with Gasteiger partial charge in [0.25, 0.3) is 0 Å². The van der Waals surface area contributed by atoms with Crippen molar-refractivity contribution in [1.29, 1.82) is 0 Å². The van der Waals surface area contributed by atoms with E-state index in [-0.39, 0.29) is 73.3 Å². The van der Waals surface area contributed by atoms with Crippen molar-refractivity contribution in [3.63, 3.8) is 0 Å². The van der Waals surface area contributed by atoms with E-state index >= 15 is 0 Å². The number of amides is 1. The summed E-state index contributed by atoms with van der Waals surface area (Å²) in [6, 6.07) is 13.4. The number of hydrogen-bond acceptors (Lipinski definition) is 5. The molecule has 0 radical (unpaired) electrons. The number of anilines is 1. The summed E-state index contributed by atoms with van der Waals surface area (Å²) in [4.78, 5) is 11.5. The zero-order chi connectivity index (χ0) is 25.0. The molecular weight excluding hydrogens is 506 g/mol. The summed E-state index contributed by atoms with van der Waals surface area (Å²) in [5, 5.41) is 16.0. The van der Waals surface area contributed by atoms with Gasteiger partial charge in [-0.15, -0.1) is 30.2 Å². The van der Waals surface area contributed by atoms with Gasteiger partial charge < -0.3 is 30.0 Å². The van der Waals surface area contributed by atoms with Crippen LogP contribution in [0.4, 0.5) is 18.9 Å². The number of benzene rings is 2. The Morgan fingerprint density at radius 2 is 1.94 bits per heavy atom. The van der Waals surface area contributed by atoms with Gasteiger partial charge in [0.05, 0.1) is 12.7 Å². The Bertz CT molecular complexity index is 1020. The number of carbonyl (C=O) groups excluding carboxylic acids is 1. The maximum absolute atomic E-state index is 11.5. The number of nitrogens with one attached hydrogen (secondary N) is 1. The summed E-state index contributed by atoms with van der Waals surface area (Å²) >= 11 is 0. The van der Waals surface area contributed by atoms with Gasteiger partial charge in [0.2, 0.25) is 6.41 Å². The molecule has 2 N–H and O–H groups in total.